The molecule has 1 heterocycles. The van der Waals surface area contributed by atoms with E-state index in [-0.39, 0.29) is 94.6 Å². The number of unbranched alkanes of at least 4 members (excludes halogenated alkanes) is 7. The van der Waals surface area contributed by atoms with Crippen LogP contribution < -0.4 is 21.3 Å². The Morgan fingerprint density at radius 3 is 1.70 bits per heavy atom. The van der Waals surface area contributed by atoms with E-state index in [9.17, 15) is 73.5 Å². The zero-order valence-corrected chi connectivity index (χ0v) is 53.0. The summed E-state index contributed by atoms with van der Waals surface area (Å²) in [6.07, 6.45) is 9.99. The summed E-state index contributed by atoms with van der Waals surface area (Å²) in [5.41, 5.74) is 3.56. The fourth-order valence-electron chi connectivity index (χ4n) is 11.2. The average Bonchev–Trinajstić information content (AvgIpc) is 1.70. The van der Waals surface area contributed by atoms with Crippen molar-refractivity contribution in [2.24, 2.45) is 11.8 Å². The normalized spacial score (nSPS) is 15.3. The molecule has 90 heavy (non-hydrogen) atoms. The molecule has 3 aromatic rings. The number of nitrogens with zero attached hydrogens (tertiary/aromatic N) is 3. The fraction of sp³-hybridized carbons (Fsp3) is 0.567. The Labute approximate surface area is 534 Å². The van der Waals surface area contributed by atoms with Crippen molar-refractivity contribution in [3.8, 4) is 0 Å². The van der Waals surface area contributed by atoms with Crippen LogP contribution in [0.15, 0.2) is 84.9 Å². The summed E-state index contributed by atoms with van der Waals surface area (Å²) < 4.78 is 0. The van der Waals surface area contributed by atoms with Gasteiger partial charge in [-0.15, -0.1) is 0 Å². The number of ketones is 2. The second-order valence-corrected chi connectivity index (χ2v) is 24.2. The lowest BCUT2D eigenvalue weighted by Crippen LogP contribution is -2.49. The van der Waals surface area contributed by atoms with E-state index in [4.69, 9.17) is 12.2 Å². The number of nitrogens with one attached hydrogen (secondary N) is 4. The summed E-state index contributed by atoms with van der Waals surface area (Å²) >= 11 is 5.99. The minimum absolute atomic E-state index is 0.0645. The summed E-state index contributed by atoms with van der Waals surface area (Å²) in [6.45, 7) is 3.30. The third-order valence-corrected chi connectivity index (χ3v) is 16.4. The highest BCUT2D eigenvalue weighted by atomic mass is 32.1. The number of hydrogen-bond acceptors (Lipinski definition) is 14. The molecule has 4 unspecified atom stereocenters. The minimum Gasteiger partial charge on any atom is -0.481 e. The Morgan fingerprint density at radius 2 is 1.08 bits per heavy atom. The fourth-order valence-corrected chi connectivity index (χ4v) is 11.6. The molecule has 1 fully saturated rings. The summed E-state index contributed by atoms with van der Waals surface area (Å²) in [6, 6.07) is 24.0. The predicted octanol–water partition coefficient (Wildman–Crippen LogP) is 7.02. The zero-order chi connectivity index (χ0) is 65.6. The molecule has 0 bridgehead atoms. The zero-order valence-electron chi connectivity index (χ0n) is 52.2. The van der Waals surface area contributed by atoms with Crippen molar-refractivity contribution in [1.29, 1.82) is 0 Å². The number of urea groups is 1. The second kappa shape index (κ2) is 42.5. The summed E-state index contributed by atoms with van der Waals surface area (Å²) in [7, 11) is 0. The maximum atomic E-state index is 14.5. The quantitative estimate of drug-likeness (QED) is 0.0203. The Kier molecular flexibility index (Phi) is 35.4. The van der Waals surface area contributed by atoms with Crippen LogP contribution in [0.4, 0.5) is 4.79 Å². The molecule has 0 aromatic heterocycles. The highest BCUT2D eigenvalue weighted by Gasteiger charge is 2.30. The smallest absolute Gasteiger partial charge is 0.326 e. The van der Waals surface area contributed by atoms with Crippen LogP contribution >= 0.6 is 12.2 Å². The molecular formula is C67H95N7O15S. The molecule has 5 atom stereocenters. The third-order valence-electron chi connectivity index (χ3n) is 16.1. The minimum atomic E-state index is -1.07. The number of aliphatic carboxylic acids is 5. The average molecular weight is 1270 g/mol. The lowest BCUT2D eigenvalue weighted by atomic mass is 9.90. The van der Waals surface area contributed by atoms with E-state index in [1.807, 2.05) is 91.9 Å². The molecular weight excluding hydrogens is 1170 g/mol. The molecule has 4 amide bonds. The van der Waals surface area contributed by atoms with Gasteiger partial charge in [-0.05, 0) is 104 Å². The van der Waals surface area contributed by atoms with Crippen LogP contribution in [0.1, 0.15) is 145 Å². The van der Waals surface area contributed by atoms with Gasteiger partial charge in [-0.2, -0.15) is 0 Å². The van der Waals surface area contributed by atoms with Gasteiger partial charge in [0, 0.05) is 89.9 Å². The number of hydrogen-bond donors (Lipinski definition) is 9. The van der Waals surface area contributed by atoms with Crippen molar-refractivity contribution in [3.63, 3.8) is 0 Å². The van der Waals surface area contributed by atoms with Crippen molar-refractivity contribution in [2.45, 2.75) is 166 Å². The van der Waals surface area contributed by atoms with E-state index in [0.29, 0.717) is 115 Å². The van der Waals surface area contributed by atoms with Crippen LogP contribution in [0.3, 0.4) is 0 Å². The van der Waals surface area contributed by atoms with Gasteiger partial charge in [0.25, 0.3) is 0 Å². The molecule has 1 aliphatic rings. The van der Waals surface area contributed by atoms with Gasteiger partial charge in [-0.1, -0.05) is 136 Å². The highest BCUT2D eigenvalue weighted by molar-refractivity contribution is 7.80. The molecule has 22 nitrogen and oxygen atoms in total. The number of carboxylic acid groups (broad SMARTS) is 5. The molecule has 1 aliphatic heterocycles. The number of Topliss-reactive ketones (excluding diaryl/α,β-unsaturated/α-hetero) is 2. The molecule has 23 heteroatoms. The first-order chi connectivity index (χ1) is 43.2. The van der Waals surface area contributed by atoms with Gasteiger partial charge in [0.05, 0.1) is 31.6 Å². The lowest BCUT2D eigenvalue weighted by Gasteiger charge is -2.33. The number of amides is 4. The largest absolute Gasteiger partial charge is 0.481 e. The van der Waals surface area contributed by atoms with Crippen LogP contribution in [0.5, 0.6) is 0 Å². The van der Waals surface area contributed by atoms with Crippen LogP contribution in [0.2, 0.25) is 0 Å². The number of carbonyl (C=O) groups excluding carboxylic acids is 5. The van der Waals surface area contributed by atoms with E-state index in [2.05, 4.69) is 21.3 Å². The Morgan fingerprint density at radius 1 is 0.522 bits per heavy atom. The maximum absolute atomic E-state index is 14.5. The monoisotopic (exact) mass is 1270 g/mol. The highest BCUT2D eigenvalue weighted by Crippen LogP contribution is 2.22. The molecule has 0 radical (unpaired) electrons. The SMILES string of the molecule is CCC[C@H](NC(=O)NCCCCCNC(=O)CCCCCCC(=O)CC(CCCCCC(=O)C(Cc1ccccc1)NC(=O)C(CC(=S)Cc1ccc(CC2CN(CC(=O)O)CCN(CC(=O)O)CCN2CC(=O)O)cc1)Cc1ccccc1)C(=O)O)C(=O)O. The van der Waals surface area contributed by atoms with Crippen LogP contribution in [-0.4, -0.2) is 188 Å². The van der Waals surface area contributed by atoms with Crippen molar-refractivity contribution in [2.75, 3.05) is 65.4 Å². The van der Waals surface area contributed by atoms with E-state index in [0.717, 1.165) is 47.9 Å². The molecule has 9 N–H and O–H groups in total. The van der Waals surface area contributed by atoms with Gasteiger partial charge in [0.15, 0.2) is 5.78 Å². The third kappa shape index (κ3) is 31.8. The predicted molar refractivity (Wildman–Crippen MR) is 344 cm³/mol. The van der Waals surface area contributed by atoms with Gasteiger partial charge in [0.2, 0.25) is 11.8 Å². The summed E-state index contributed by atoms with van der Waals surface area (Å²) in [5.74, 6) is -7.37. The first-order valence-corrected chi connectivity index (χ1v) is 32.2. The summed E-state index contributed by atoms with van der Waals surface area (Å²) in [5, 5.41) is 59.3. The Balaban J connectivity index is 1.24. The van der Waals surface area contributed by atoms with Gasteiger partial charge in [-0.3, -0.25) is 53.1 Å². The summed E-state index contributed by atoms with van der Waals surface area (Å²) in [4.78, 5) is 131. The molecule has 0 spiro atoms. The Bertz CT molecular complexity index is 2760. The van der Waals surface area contributed by atoms with Gasteiger partial charge >= 0.3 is 35.9 Å². The maximum Gasteiger partial charge on any atom is 0.326 e. The molecule has 0 saturated carbocycles. The second-order valence-electron chi connectivity index (χ2n) is 23.6. The number of carbonyl (C=O) groups is 10. The molecule has 494 valence electrons. The van der Waals surface area contributed by atoms with Gasteiger partial charge in [-0.25, -0.2) is 9.59 Å². The molecule has 3 aromatic carbocycles. The van der Waals surface area contributed by atoms with Gasteiger partial charge < -0.3 is 46.8 Å². The number of thiocarbonyl (C=S) groups is 1. The van der Waals surface area contributed by atoms with Crippen molar-refractivity contribution in [1.82, 2.24) is 36.0 Å². The van der Waals surface area contributed by atoms with Crippen LogP contribution in [-0.2, 0) is 68.8 Å². The number of rotatable bonds is 45. The van der Waals surface area contributed by atoms with Crippen molar-refractivity contribution < 1.29 is 73.5 Å². The van der Waals surface area contributed by atoms with Crippen molar-refractivity contribution in [3.05, 3.63) is 107 Å². The Hall–Kier alpha value is -7.47. The first kappa shape index (κ1) is 75.0. The lowest BCUT2D eigenvalue weighted by molar-refractivity contribution is -0.144. The number of carboxylic acids is 5. The molecule has 1 saturated heterocycles. The van der Waals surface area contributed by atoms with Crippen LogP contribution in [0.25, 0.3) is 0 Å². The molecule has 4 rings (SSSR count). The van der Waals surface area contributed by atoms with E-state index >= 15 is 0 Å². The number of benzene rings is 3. The van der Waals surface area contributed by atoms with Gasteiger partial charge in [0.1, 0.15) is 11.8 Å². The van der Waals surface area contributed by atoms with E-state index < -0.39 is 65.8 Å². The van der Waals surface area contributed by atoms with E-state index in [1.54, 1.807) is 14.7 Å². The van der Waals surface area contributed by atoms with Crippen molar-refractivity contribution >= 4 is 76.3 Å². The standard InChI is InChI=1S/C67H95N7O15S/c1-2-19-57(66(87)88)71-67(89)69-33-18-8-17-32-68-60(77)27-16-4-3-14-25-55(75)42-52(65(85)86)24-13-7-15-26-59(76)58(41-49-22-11-6-12-23-49)70-64(84)53(38-48-20-9-5-10-21-48)43-56(90)40-51-30-28-50(29-31-51)39-54-44-73(46-62(80)81)35-34-72(45-61(78)79)36-37-74(54)47-63(82)83/h5-6,9-12,20-23,28-31,52-54,57-58H,2-4,7-8,13-19,24-27,32-47H2,1H3,(H,68,77)(H,70,84)(H,78,79)(H,80,81)(H,82,83)(H,85,86)(H,87,88)(H2,69,71,89)/t52?,53?,54?,57-,58?/m0/s1. The topological polar surface area (TPSA) is 330 Å². The van der Waals surface area contributed by atoms with Crippen LogP contribution in [0, 0.1) is 11.8 Å². The van der Waals surface area contributed by atoms with E-state index in [1.165, 1.54) is 0 Å². The molecule has 0 aliphatic carbocycles. The first-order valence-electron chi connectivity index (χ1n) is 31.8.